The number of benzene rings is 2. The number of hydrogen-bond donors (Lipinski definition) is 2. The van der Waals surface area contributed by atoms with Gasteiger partial charge in [-0.25, -0.2) is 0 Å². The molecule has 0 radical (unpaired) electrons. The fourth-order valence-corrected chi connectivity index (χ4v) is 2.53. The molecule has 0 aliphatic carbocycles. The van der Waals surface area contributed by atoms with Crippen LogP contribution in [0.25, 0.3) is 0 Å². The molecule has 0 bridgehead atoms. The van der Waals surface area contributed by atoms with Crippen LogP contribution in [0.4, 0.5) is 0 Å². The number of hydrogen-bond acceptors (Lipinski definition) is 3. The third-order valence-corrected chi connectivity index (χ3v) is 3.59. The zero-order valence-electron chi connectivity index (χ0n) is 10.2. The lowest BCUT2D eigenvalue weighted by atomic mass is 9.99. The van der Waals surface area contributed by atoms with Gasteiger partial charge in [0, 0.05) is 17.0 Å². The first-order valence-corrected chi connectivity index (χ1v) is 6.48. The van der Waals surface area contributed by atoms with Crippen molar-refractivity contribution in [1.82, 2.24) is 5.43 Å². The summed E-state index contributed by atoms with van der Waals surface area (Å²) in [4.78, 5) is 0. The molecule has 4 heteroatoms. The largest absolute Gasteiger partial charge is 0.507 e. The van der Waals surface area contributed by atoms with Gasteiger partial charge >= 0.3 is 0 Å². The van der Waals surface area contributed by atoms with Crippen LogP contribution in [0, 0.1) is 0 Å². The SMILES string of the molecule is Oc1ccccc1C1=NNC(c2ccccc2Cl)C1. The van der Waals surface area contributed by atoms with E-state index in [1.807, 2.05) is 36.4 Å². The molecule has 0 saturated carbocycles. The summed E-state index contributed by atoms with van der Waals surface area (Å²) >= 11 is 6.19. The van der Waals surface area contributed by atoms with Gasteiger partial charge in [0.25, 0.3) is 0 Å². The topological polar surface area (TPSA) is 44.6 Å². The normalized spacial score (nSPS) is 17.9. The Morgan fingerprint density at radius 3 is 2.63 bits per heavy atom. The summed E-state index contributed by atoms with van der Waals surface area (Å²) in [6.07, 6.45) is 0.710. The van der Waals surface area contributed by atoms with Crippen molar-refractivity contribution < 1.29 is 5.11 Å². The number of phenolic OH excluding ortho intramolecular Hbond substituents is 1. The van der Waals surface area contributed by atoms with Crippen LogP contribution in [0.15, 0.2) is 53.6 Å². The Bertz CT molecular complexity index is 640. The molecule has 19 heavy (non-hydrogen) atoms. The van der Waals surface area contributed by atoms with E-state index in [1.165, 1.54) is 0 Å². The molecule has 0 aromatic heterocycles. The molecule has 0 saturated heterocycles. The molecule has 1 aliphatic heterocycles. The molecule has 3 rings (SSSR count). The Morgan fingerprint density at radius 2 is 1.84 bits per heavy atom. The molecular formula is C15H13ClN2O. The van der Waals surface area contributed by atoms with E-state index in [9.17, 15) is 5.11 Å². The Morgan fingerprint density at radius 1 is 1.11 bits per heavy atom. The van der Waals surface area contributed by atoms with Crippen molar-refractivity contribution in [2.75, 3.05) is 0 Å². The smallest absolute Gasteiger partial charge is 0.124 e. The molecule has 2 aromatic rings. The number of nitrogens with zero attached hydrogens (tertiary/aromatic N) is 1. The maximum Gasteiger partial charge on any atom is 0.124 e. The van der Waals surface area contributed by atoms with E-state index in [0.717, 1.165) is 21.9 Å². The lowest BCUT2D eigenvalue weighted by Gasteiger charge is -2.11. The van der Waals surface area contributed by atoms with Gasteiger partial charge in [-0.2, -0.15) is 5.10 Å². The zero-order chi connectivity index (χ0) is 13.2. The zero-order valence-corrected chi connectivity index (χ0v) is 10.9. The van der Waals surface area contributed by atoms with Crippen LogP contribution in [0.2, 0.25) is 5.02 Å². The highest BCUT2D eigenvalue weighted by Gasteiger charge is 2.23. The second-order valence-corrected chi connectivity index (χ2v) is 4.89. The fraction of sp³-hybridized carbons (Fsp3) is 0.133. The van der Waals surface area contributed by atoms with Gasteiger partial charge in [-0.15, -0.1) is 0 Å². The maximum atomic E-state index is 9.85. The Hall–Kier alpha value is -2.00. The van der Waals surface area contributed by atoms with Gasteiger partial charge in [0.15, 0.2) is 0 Å². The molecule has 2 N–H and O–H groups in total. The minimum Gasteiger partial charge on any atom is -0.507 e. The van der Waals surface area contributed by atoms with Crippen LogP contribution in [0.1, 0.15) is 23.6 Å². The van der Waals surface area contributed by atoms with E-state index >= 15 is 0 Å². The second-order valence-electron chi connectivity index (χ2n) is 4.48. The molecule has 2 aromatic carbocycles. The van der Waals surface area contributed by atoms with Crippen molar-refractivity contribution in [2.24, 2.45) is 5.10 Å². The molecule has 1 aliphatic rings. The standard InChI is InChI=1S/C15H13ClN2O/c16-12-7-3-1-5-10(12)13-9-14(18-17-13)11-6-2-4-8-15(11)19/h1-8,13,17,19H,9H2. The summed E-state index contributed by atoms with van der Waals surface area (Å²) < 4.78 is 0. The average molecular weight is 273 g/mol. The monoisotopic (exact) mass is 272 g/mol. The Labute approximate surface area is 116 Å². The summed E-state index contributed by atoms with van der Waals surface area (Å²) in [7, 11) is 0. The van der Waals surface area contributed by atoms with Crippen molar-refractivity contribution in [3.63, 3.8) is 0 Å². The van der Waals surface area contributed by atoms with Gasteiger partial charge in [-0.05, 0) is 23.8 Å². The molecule has 1 unspecified atom stereocenters. The van der Waals surface area contributed by atoms with E-state index < -0.39 is 0 Å². The molecule has 0 spiro atoms. The summed E-state index contributed by atoms with van der Waals surface area (Å²) in [5, 5.41) is 14.9. The fourth-order valence-electron chi connectivity index (χ4n) is 2.27. The number of aromatic hydroxyl groups is 1. The van der Waals surface area contributed by atoms with Crippen molar-refractivity contribution in [3.8, 4) is 5.75 Å². The molecule has 1 heterocycles. The summed E-state index contributed by atoms with van der Waals surface area (Å²) in [5.74, 6) is 0.253. The molecular weight excluding hydrogens is 260 g/mol. The van der Waals surface area contributed by atoms with Crippen LogP contribution < -0.4 is 5.43 Å². The molecule has 0 amide bonds. The summed E-state index contributed by atoms with van der Waals surface area (Å²) in [6.45, 7) is 0. The van der Waals surface area contributed by atoms with E-state index in [2.05, 4.69) is 10.5 Å². The number of halogens is 1. The summed E-state index contributed by atoms with van der Waals surface area (Å²) in [6, 6.07) is 15.0. The van der Waals surface area contributed by atoms with Crippen molar-refractivity contribution in [3.05, 3.63) is 64.7 Å². The van der Waals surface area contributed by atoms with E-state index in [4.69, 9.17) is 11.6 Å². The number of para-hydroxylation sites is 1. The predicted molar refractivity (Wildman–Crippen MR) is 76.6 cm³/mol. The number of rotatable bonds is 2. The number of nitrogens with one attached hydrogen (secondary N) is 1. The average Bonchev–Trinajstić information content (AvgIpc) is 2.89. The van der Waals surface area contributed by atoms with Gasteiger partial charge in [-0.3, -0.25) is 0 Å². The first-order valence-electron chi connectivity index (χ1n) is 6.10. The molecule has 96 valence electrons. The predicted octanol–water partition coefficient (Wildman–Crippen LogP) is 3.48. The van der Waals surface area contributed by atoms with E-state index in [-0.39, 0.29) is 11.8 Å². The van der Waals surface area contributed by atoms with Gasteiger partial charge in [-0.1, -0.05) is 41.9 Å². The highest BCUT2D eigenvalue weighted by Crippen LogP contribution is 2.31. The third kappa shape index (κ3) is 2.29. The number of phenols is 1. The van der Waals surface area contributed by atoms with Crippen LogP contribution in [0.5, 0.6) is 5.75 Å². The van der Waals surface area contributed by atoms with Crippen molar-refractivity contribution >= 4 is 17.3 Å². The van der Waals surface area contributed by atoms with Gasteiger partial charge < -0.3 is 10.5 Å². The second kappa shape index (κ2) is 4.94. The van der Waals surface area contributed by atoms with E-state index in [1.54, 1.807) is 12.1 Å². The minimum atomic E-state index is 0.0586. The van der Waals surface area contributed by atoms with Crippen molar-refractivity contribution in [2.45, 2.75) is 12.5 Å². The van der Waals surface area contributed by atoms with Crippen LogP contribution in [-0.2, 0) is 0 Å². The maximum absolute atomic E-state index is 9.85. The van der Waals surface area contributed by atoms with Crippen LogP contribution in [0.3, 0.4) is 0 Å². The highest BCUT2D eigenvalue weighted by molar-refractivity contribution is 6.31. The quantitative estimate of drug-likeness (QED) is 0.879. The van der Waals surface area contributed by atoms with Crippen LogP contribution in [-0.4, -0.2) is 10.8 Å². The highest BCUT2D eigenvalue weighted by atomic mass is 35.5. The van der Waals surface area contributed by atoms with Crippen LogP contribution >= 0.6 is 11.6 Å². The minimum absolute atomic E-state index is 0.0586. The number of hydrazone groups is 1. The first kappa shape index (κ1) is 12.1. The molecule has 1 atom stereocenters. The first-order chi connectivity index (χ1) is 9.25. The van der Waals surface area contributed by atoms with E-state index in [0.29, 0.717) is 6.42 Å². The van der Waals surface area contributed by atoms with Gasteiger partial charge in [0.1, 0.15) is 5.75 Å². The Kier molecular flexibility index (Phi) is 3.13. The lowest BCUT2D eigenvalue weighted by molar-refractivity contribution is 0.474. The summed E-state index contributed by atoms with van der Waals surface area (Å²) in [5.41, 5.74) is 5.73. The van der Waals surface area contributed by atoms with Gasteiger partial charge in [0.05, 0.1) is 11.8 Å². The molecule has 0 fully saturated rings. The molecule has 3 nitrogen and oxygen atoms in total. The Balaban J connectivity index is 1.85. The third-order valence-electron chi connectivity index (χ3n) is 3.25. The van der Waals surface area contributed by atoms with Gasteiger partial charge in [0.2, 0.25) is 0 Å². The van der Waals surface area contributed by atoms with Crippen molar-refractivity contribution in [1.29, 1.82) is 0 Å². The lowest BCUT2D eigenvalue weighted by Crippen LogP contribution is -2.10.